The van der Waals surface area contributed by atoms with Crippen LogP contribution in [-0.2, 0) is 5.75 Å². The molecule has 0 aliphatic rings. The van der Waals surface area contributed by atoms with E-state index in [0.29, 0.717) is 27.4 Å². The summed E-state index contributed by atoms with van der Waals surface area (Å²) in [6.45, 7) is 4.00. The number of nitrogens with zero attached hydrogens (tertiary/aromatic N) is 3. The van der Waals surface area contributed by atoms with Gasteiger partial charge in [-0.15, -0.1) is 0 Å². The first-order valence-electron chi connectivity index (χ1n) is 8.39. The fraction of sp³-hybridized carbons (Fsp3) is 0.263. The van der Waals surface area contributed by atoms with E-state index in [4.69, 9.17) is 0 Å². The second-order valence-corrected chi connectivity index (χ2v) is 6.96. The molecule has 0 saturated heterocycles. The molecule has 0 amide bonds. The van der Waals surface area contributed by atoms with Crippen molar-refractivity contribution < 1.29 is 4.92 Å². The number of para-hydroxylation sites is 2. The molecule has 1 heterocycles. The minimum atomic E-state index is -0.383. The minimum Gasteiger partial charge on any atom is -0.284 e. The number of hydrogen-bond donors (Lipinski definition) is 0. The first kappa shape index (κ1) is 18.1. The van der Waals surface area contributed by atoms with Crippen molar-refractivity contribution in [3.05, 3.63) is 74.6 Å². The summed E-state index contributed by atoms with van der Waals surface area (Å²) in [5.41, 5.74) is 1.26. The Hall–Kier alpha value is -2.67. The van der Waals surface area contributed by atoms with Gasteiger partial charge in [-0.25, -0.2) is 4.98 Å². The molecule has 0 fully saturated rings. The third-order valence-electron chi connectivity index (χ3n) is 4.35. The Labute approximate surface area is 155 Å². The lowest BCUT2D eigenvalue weighted by Crippen LogP contribution is -2.26. The highest BCUT2D eigenvalue weighted by molar-refractivity contribution is 7.98. The molecular weight excluding hydrogens is 350 g/mol. The quantitative estimate of drug-likeness (QED) is 0.275. The summed E-state index contributed by atoms with van der Waals surface area (Å²) in [5.74, 6) is 0.373. The molecule has 6 nitrogen and oxygen atoms in total. The third-order valence-corrected chi connectivity index (χ3v) is 5.35. The van der Waals surface area contributed by atoms with Crippen LogP contribution in [0.2, 0.25) is 0 Å². The number of nitro benzene ring substituents is 1. The van der Waals surface area contributed by atoms with Gasteiger partial charge in [-0.05, 0) is 25.5 Å². The van der Waals surface area contributed by atoms with Gasteiger partial charge in [-0.2, -0.15) is 0 Å². The third kappa shape index (κ3) is 3.48. The average molecular weight is 369 g/mol. The lowest BCUT2D eigenvalue weighted by atomic mass is 10.2. The zero-order valence-corrected chi connectivity index (χ0v) is 15.4. The molecule has 0 aliphatic carbocycles. The number of thioether (sulfide) groups is 1. The molecule has 0 spiro atoms. The average Bonchev–Trinajstić information content (AvgIpc) is 2.66. The largest absolute Gasteiger partial charge is 0.284 e. The van der Waals surface area contributed by atoms with Gasteiger partial charge in [-0.3, -0.25) is 19.5 Å². The van der Waals surface area contributed by atoms with E-state index in [-0.39, 0.29) is 22.2 Å². The fourth-order valence-electron chi connectivity index (χ4n) is 2.75. The number of nitro groups is 1. The standard InChI is InChI=1S/C19H19N3O3S/c1-3-13(2)21-18(23)15-9-5-6-10-16(15)20-19(21)26-12-14-8-4-7-11-17(14)22(24)25/h4-11,13H,3,12H2,1-2H3/t13-/m1/s1. The Morgan fingerprint density at radius 2 is 1.88 bits per heavy atom. The first-order chi connectivity index (χ1) is 12.5. The normalized spacial score (nSPS) is 12.2. The number of rotatable bonds is 6. The fourth-order valence-corrected chi connectivity index (χ4v) is 3.85. The first-order valence-corrected chi connectivity index (χ1v) is 9.37. The van der Waals surface area contributed by atoms with Crippen molar-refractivity contribution in [1.82, 2.24) is 9.55 Å². The van der Waals surface area contributed by atoms with Crippen molar-refractivity contribution in [1.29, 1.82) is 0 Å². The van der Waals surface area contributed by atoms with Gasteiger partial charge in [0.2, 0.25) is 0 Å². The summed E-state index contributed by atoms with van der Waals surface area (Å²) in [6, 6.07) is 13.9. The zero-order valence-electron chi connectivity index (χ0n) is 14.6. The van der Waals surface area contributed by atoms with Crippen molar-refractivity contribution in [3.63, 3.8) is 0 Å². The highest BCUT2D eigenvalue weighted by Gasteiger charge is 2.18. The van der Waals surface area contributed by atoms with Crippen molar-refractivity contribution in [2.45, 2.75) is 37.2 Å². The predicted octanol–water partition coefficient (Wildman–Crippen LogP) is 4.57. The maximum atomic E-state index is 12.9. The second kappa shape index (κ2) is 7.70. The van der Waals surface area contributed by atoms with Gasteiger partial charge in [0.05, 0.1) is 15.8 Å². The van der Waals surface area contributed by atoms with Gasteiger partial charge in [-0.1, -0.05) is 49.0 Å². The molecule has 0 radical (unpaired) electrons. The van der Waals surface area contributed by atoms with E-state index in [1.165, 1.54) is 17.8 Å². The van der Waals surface area contributed by atoms with Crippen LogP contribution in [0, 0.1) is 10.1 Å². The Bertz CT molecular complexity index is 1020. The molecule has 3 aromatic rings. The minimum absolute atomic E-state index is 0.00661. The molecule has 26 heavy (non-hydrogen) atoms. The molecule has 0 saturated carbocycles. The van der Waals surface area contributed by atoms with Gasteiger partial charge in [0, 0.05) is 23.4 Å². The van der Waals surface area contributed by atoms with Gasteiger partial charge in [0.15, 0.2) is 5.16 Å². The SMILES string of the molecule is CC[C@@H](C)n1c(SCc2ccccc2[N+](=O)[O-])nc2ccccc2c1=O. The molecule has 0 N–H and O–H groups in total. The molecule has 134 valence electrons. The van der Waals surface area contributed by atoms with Crippen LogP contribution in [0.3, 0.4) is 0 Å². The van der Waals surface area contributed by atoms with Crippen molar-refractivity contribution in [3.8, 4) is 0 Å². The maximum absolute atomic E-state index is 12.9. The summed E-state index contributed by atoms with van der Waals surface area (Å²) in [4.78, 5) is 28.4. The van der Waals surface area contributed by atoms with Crippen LogP contribution in [0.15, 0.2) is 58.5 Å². The summed E-state index contributed by atoms with van der Waals surface area (Å²) in [5, 5.41) is 12.4. The van der Waals surface area contributed by atoms with Crippen LogP contribution in [-0.4, -0.2) is 14.5 Å². The van der Waals surface area contributed by atoms with E-state index in [2.05, 4.69) is 4.98 Å². The molecule has 0 unspecified atom stereocenters. The number of fused-ring (bicyclic) bond motifs is 1. The van der Waals surface area contributed by atoms with Crippen LogP contribution in [0.25, 0.3) is 10.9 Å². The van der Waals surface area contributed by atoms with Crippen molar-refractivity contribution in [2.75, 3.05) is 0 Å². The van der Waals surface area contributed by atoms with E-state index < -0.39 is 0 Å². The Morgan fingerprint density at radius 3 is 2.62 bits per heavy atom. The Morgan fingerprint density at radius 1 is 1.19 bits per heavy atom. The van der Waals surface area contributed by atoms with E-state index >= 15 is 0 Å². The monoisotopic (exact) mass is 369 g/mol. The summed E-state index contributed by atoms with van der Waals surface area (Å²) < 4.78 is 1.70. The lowest BCUT2D eigenvalue weighted by molar-refractivity contribution is -0.385. The Kier molecular flexibility index (Phi) is 5.37. The maximum Gasteiger partial charge on any atom is 0.273 e. The molecule has 3 rings (SSSR count). The zero-order chi connectivity index (χ0) is 18.7. The van der Waals surface area contributed by atoms with Gasteiger partial charge < -0.3 is 0 Å². The van der Waals surface area contributed by atoms with Crippen LogP contribution >= 0.6 is 11.8 Å². The van der Waals surface area contributed by atoms with Crippen LogP contribution in [0.1, 0.15) is 31.9 Å². The lowest BCUT2D eigenvalue weighted by Gasteiger charge is -2.18. The van der Waals surface area contributed by atoms with E-state index in [9.17, 15) is 14.9 Å². The van der Waals surface area contributed by atoms with E-state index in [1.54, 1.807) is 28.8 Å². The second-order valence-electron chi connectivity index (χ2n) is 6.02. The molecular formula is C19H19N3O3S. The van der Waals surface area contributed by atoms with Crippen molar-refractivity contribution >= 4 is 28.4 Å². The van der Waals surface area contributed by atoms with Crippen LogP contribution < -0.4 is 5.56 Å². The summed E-state index contributed by atoms with van der Waals surface area (Å²) >= 11 is 1.35. The smallest absolute Gasteiger partial charge is 0.273 e. The number of hydrogen-bond acceptors (Lipinski definition) is 5. The highest BCUT2D eigenvalue weighted by Crippen LogP contribution is 2.28. The van der Waals surface area contributed by atoms with Gasteiger partial charge >= 0.3 is 0 Å². The molecule has 2 aromatic carbocycles. The molecule has 0 bridgehead atoms. The summed E-state index contributed by atoms with van der Waals surface area (Å²) in [7, 11) is 0. The highest BCUT2D eigenvalue weighted by atomic mass is 32.2. The van der Waals surface area contributed by atoms with Gasteiger partial charge in [0.25, 0.3) is 11.2 Å². The molecule has 0 aliphatic heterocycles. The number of aromatic nitrogens is 2. The Balaban J connectivity index is 2.05. The van der Waals surface area contributed by atoms with Gasteiger partial charge in [0.1, 0.15) is 0 Å². The van der Waals surface area contributed by atoms with Crippen LogP contribution in [0.5, 0.6) is 0 Å². The van der Waals surface area contributed by atoms with Crippen molar-refractivity contribution in [2.24, 2.45) is 0 Å². The topological polar surface area (TPSA) is 78.0 Å². The van der Waals surface area contributed by atoms with Crippen LogP contribution in [0.4, 0.5) is 5.69 Å². The predicted molar refractivity (Wildman–Crippen MR) is 104 cm³/mol. The summed E-state index contributed by atoms with van der Waals surface area (Å²) in [6.07, 6.45) is 0.791. The molecule has 7 heteroatoms. The van der Waals surface area contributed by atoms with E-state index in [0.717, 1.165) is 6.42 Å². The number of benzene rings is 2. The molecule has 1 atom stereocenters. The molecule has 1 aromatic heterocycles. The van der Waals surface area contributed by atoms with E-state index in [1.807, 2.05) is 32.0 Å².